The van der Waals surface area contributed by atoms with E-state index in [0.717, 1.165) is 30.6 Å². The molecular formula is C23H28N2O4. The number of para-hydroxylation sites is 1. The van der Waals surface area contributed by atoms with Gasteiger partial charge >= 0.3 is 0 Å². The van der Waals surface area contributed by atoms with Crippen molar-refractivity contribution in [1.29, 1.82) is 0 Å². The average molecular weight is 396 g/mol. The van der Waals surface area contributed by atoms with Gasteiger partial charge in [0.25, 0.3) is 5.91 Å². The van der Waals surface area contributed by atoms with Crippen LogP contribution >= 0.6 is 0 Å². The molecular weight excluding hydrogens is 368 g/mol. The second-order valence-corrected chi connectivity index (χ2v) is 7.76. The molecule has 6 heteroatoms. The number of methoxy groups -OCH3 is 1. The van der Waals surface area contributed by atoms with Crippen molar-refractivity contribution < 1.29 is 19.0 Å². The monoisotopic (exact) mass is 396 g/mol. The summed E-state index contributed by atoms with van der Waals surface area (Å²) in [5.41, 5.74) is 6.93. The Balaban J connectivity index is 1.57. The van der Waals surface area contributed by atoms with E-state index in [0.29, 0.717) is 30.2 Å². The lowest BCUT2D eigenvalue weighted by Gasteiger charge is -2.40. The van der Waals surface area contributed by atoms with Crippen molar-refractivity contribution in [3.8, 4) is 17.2 Å². The molecule has 1 amide bonds. The number of fused-ring (bicyclic) bond motifs is 1. The number of hydrogen-bond donors (Lipinski definition) is 2. The number of rotatable bonds is 6. The van der Waals surface area contributed by atoms with E-state index in [2.05, 4.69) is 5.32 Å². The van der Waals surface area contributed by atoms with Crippen LogP contribution in [0.3, 0.4) is 0 Å². The van der Waals surface area contributed by atoms with E-state index in [1.165, 1.54) is 12.8 Å². The number of carbonyl (C=O) groups is 1. The van der Waals surface area contributed by atoms with Gasteiger partial charge in [-0.3, -0.25) is 4.79 Å². The minimum absolute atomic E-state index is 0.0824. The van der Waals surface area contributed by atoms with Gasteiger partial charge in [-0.25, -0.2) is 0 Å². The maximum Gasteiger partial charge on any atom is 0.251 e. The standard InChI is InChI=1S/C23H28N2O4/c1-27-20-9-8-16(14-21(20)28-13-12-24)22(26)25-18-15-23(10-4-5-11-23)29-19-7-3-2-6-17(18)19/h2-3,6-9,14,18H,4-5,10-13,15,24H2,1H3,(H,25,26)/t18-/m1/s1. The van der Waals surface area contributed by atoms with Gasteiger partial charge in [0.2, 0.25) is 0 Å². The van der Waals surface area contributed by atoms with Crippen LogP contribution in [0.2, 0.25) is 0 Å². The third-order valence-electron chi connectivity index (χ3n) is 5.82. The van der Waals surface area contributed by atoms with Gasteiger partial charge in [-0.1, -0.05) is 18.2 Å². The third kappa shape index (κ3) is 4.03. The number of nitrogens with two attached hydrogens (primary N) is 1. The highest BCUT2D eigenvalue weighted by molar-refractivity contribution is 5.95. The van der Waals surface area contributed by atoms with E-state index in [1.54, 1.807) is 25.3 Å². The van der Waals surface area contributed by atoms with Crippen LogP contribution in [-0.4, -0.2) is 31.8 Å². The molecule has 4 rings (SSSR count). The molecule has 0 saturated heterocycles. The summed E-state index contributed by atoms with van der Waals surface area (Å²) in [6.45, 7) is 0.748. The van der Waals surface area contributed by atoms with E-state index in [9.17, 15) is 4.79 Å². The Labute approximate surface area is 171 Å². The summed E-state index contributed by atoms with van der Waals surface area (Å²) in [4.78, 5) is 13.1. The molecule has 1 saturated carbocycles. The molecule has 0 unspecified atom stereocenters. The summed E-state index contributed by atoms with van der Waals surface area (Å²) >= 11 is 0. The fraction of sp³-hybridized carbons (Fsp3) is 0.435. The highest BCUT2D eigenvalue weighted by atomic mass is 16.5. The van der Waals surface area contributed by atoms with Gasteiger partial charge in [-0.2, -0.15) is 0 Å². The van der Waals surface area contributed by atoms with Crippen LogP contribution < -0.4 is 25.3 Å². The van der Waals surface area contributed by atoms with E-state index in [-0.39, 0.29) is 17.6 Å². The molecule has 1 fully saturated rings. The van der Waals surface area contributed by atoms with Crippen LogP contribution in [0.4, 0.5) is 0 Å². The third-order valence-corrected chi connectivity index (χ3v) is 5.82. The molecule has 6 nitrogen and oxygen atoms in total. The van der Waals surface area contributed by atoms with Gasteiger partial charge in [0.05, 0.1) is 13.2 Å². The zero-order valence-electron chi connectivity index (χ0n) is 16.8. The van der Waals surface area contributed by atoms with Crippen LogP contribution in [0.1, 0.15) is 54.1 Å². The maximum atomic E-state index is 13.1. The minimum Gasteiger partial charge on any atom is -0.493 e. The summed E-state index contributed by atoms with van der Waals surface area (Å²) in [6.07, 6.45) is 5.20. The Hall–Kier alpha value is -2.73. The Kier molecular flexibility index (Phi) is 5.62. The van der Waals surface area contributed by atoms with Crippen molar-refractivity contribution >= 4 is 5.91 Å². The molecule has 1 aliphatic carbocycles. The molecule has 0 bridgehead atoms. The zero-order valence-corrected chi connectivity index (χ0v) is 16.8. The quantitative estimate of drug-likeness (QED) is 0.780. The predicted molar refractivity (Wildman–Crippen MR) is 111 cm³/mol. The summed E-state index contributed by atoms with van der Waals surface area (Å²) < 4.78 is 17.4. The van der Waals surface area contributed by atoms with Crippen molar-refractivity contribution in [1.82, 2.24) is 5.32 Å². The SMILES string of the molecule is COc1ccc(C(=O)N[C@@H]2CC3(CCCC3)Oc3ccccc32)cc1OCCN. The van der Waals surface area contributed by atoms with Gasteiger partial charge in [-0.15, -0.1) is 0 Å². The maximum absolute atomic E-state index is 13.1. The van der Waals surface area contributed by atoms with Gasteiger partial charge in [0.1, 0.15) is 18.0 Å². The Morgan fingerprint density at radius 2 is 2.00 bits per heavy atom. The molecule has 1 aliphatic heterocycles. The second kappa shape index (κ2) is 8.33. The Bertz CT molecular complexity index is 877. The molecule has 1 spiro atoms. The van der Waals surface area contributed by atoms with E-state index < -0.39 is 0 Å². The number of ether oxygens (including phenoxy) is 3. The molecule has 1 atom stereocenters. The van der Waals surface area contributed by atoms with E-state index in [1.807, 2.05) is 24.3 Å². The number of nitrogens with one attached hydrogen (secondary N) is 1. The molecule has 3 N–H and O–H groups in total. The first-order valence-electron chi connectivity index (χ1n) is 10.2. The molecule has 2 aromatic carbocycles. The van der Waals surface area contributed by atoms with Crippen LogP contribution in [0, 0.1) is 0 Å². The van der Waals surface area contributed by atoms with E-state index in [4.69, 9.17) is 19.9 Å². The van der Waals surface area contributed by atoms with Crippen molar-refractivity contribution in [3.05, 3.63) is 53.6 Å². The normalized spacial score (nSPS) is 19.3. The van der Waals surface area contributed by atoms with Crippen molar-refractivity contribution in [2.24, 2.45) is 5.73 Å². The molecule has 154 valence electrons. The highest BCUT2D eigenvalue weighted by Gasteiger charge is 2.43. The lowest BCUT2D eigenvalue weighted by molar-refractivity contribution is 0.0360. The molecule has 0 radical (unpaired) electrons. The topological polar surface area (TPSA) is 82.8 Å². The van der Waals surface area contributed by atoms with Crippen molar-refractivity contribution in [3.63, 3.8) is 0 Å². The van der Waals surface area contributed by atoms with Crippen LogP contribution in [0.15, 0.2) is 42.5 Å². The average Bonchev–Trinajstić information content (AvgIpc) is 3.19. The van der Waals surface area contributed by atoms with Crippen LogP contribution in [0.25, 0.3) is 0 Å². The minimum atomic E-state index is -0.165. The fourth-order valence-corrected chi connectivity index (χ4v) is 4.41. The molecule has 2 aromatic rings. The molecule has 1 heterocycles. The lowest BCUT2D eigenvalue weighted by atomic mass is 9.86. The first-order chi connectivity index (χ1) is 14.1. The van der Waals surface area contributed by atoms with E-state index >= 15 is 0 Å². The van der Waals surface area contributed by atoms with Crippen molar-refractivity contribution in [2.45, 2.75) is 43.7 Å². The van der Waals surface area contributed by atoms with Crippen LogP contribution in [0.5, 0.6) is 17.2 Å². The summed E-state index contributed by atoms with van der Waals surface area (Å²) in [5, 5.41) is 3.22. The highest BCUT2D eigenvalue weighted by Crippen LogP contribution is 2.47. The number of hydrogen-bond acceptors (Lipinski definition) is 5. The zero-order chi connectivity index (χ0) is 20.3. The number of benzene rings is 2. The summed E-state index contributed by atoms with van der Waals surface area (Å²) in [6, 6.07) is 13.1. The van der Waals surface area contributed by atoms with Gasteiger partial charge in [0.15, 0.2) is 11.5 Å². The van der Waals surface area contributed by atoms with Gasteiger partial charge < -0.3 is 25.3 Å². The number of carbonyl (C=O) groups excluding carboxylic acids is 1. The lowest BCUT2D eigenvalue weighted by Crippen LogP contribution is -2.43. The molecule has 0 aromatic heterocycles. The van der Waals surface area contributed by atoms with Gasteiger partial charge in [-0.05, 0) is 49.9 Å². The Morgan fingerprint density at radius 1 is 1.21 bits per heavy atom. The van der Waals surface area contributed by atoms with Crippen molar-refractivity contribution in [2.75, 3.05) is 20.3 Å². The van der Waals surface area contributed by atoms with Gasteiger partial charge in [0, 0.05) is 24.1 Å². The fourth-order valence-electron chi connectivity index (χ4n) is 4.41. The summed E-state index contributed by atoms with van der Waals surface area (Å²) in [5.74, 6) is 1.84. The Morgan fingerprint density at radius 3 is 2.76 bits per heavy atom. The predicted octanol–water partition coefficient (Wildman–Crippen LogP) is 3.60. The first-order valence-corrected chi connectivity index (χ1v) is 10.2. The summed E-state index contributed by atoms with van der Waals surface area (Å²) in [7, 11) is 1.57. The molecule has 2 aliphatic rings. The second-order valence-electron chi connectivity index (χ2n) is 7.76. The molecule has 29 heavy (non-hydrogen) atoms. The smallest absolute Gasteiger partial charge is 0.251 e. The largest absolute Gasteiger partial charge is 0.493 e. The first kappa shape index (κ1) is 19.6. The number of amides is 1. The van der Waals surface area contributed by atoms with Crippen LogP contribution in [-0.2, 0) is 0 Å².